The number of hydrazine groups is 2. The summed E-state index contributed by atoms with van der Waals surface area (Å²) >= 11 is 11.2. The van der Waals surface area contributed by atoms with Crippen LogP contribution in [0.2, 0.25) is 0 Å². The highest BCUT2D eigenvalue weighted by Crippen LogP contribution is 2.48. The maximum atomic E-state index is 12.6. The molecule has 0 aliphatic heterocycles. The number of carbonyl (C=O) groups is 1. The molecule has 2 fully saturated rings. The van der Waals surface area contributed by atoms with E-state index < -0.39 is 0 Å². The van der Waals surface area contributed by atoms with E-state index in [-0.39, 0.29) is 16.7 Å². The Morgan fingerprint density at radius 1 is 1.04 bits per heavy atom. The summed E-state index contributed by atoms with van der Waals surface area (Å²) in [5, 5.41) is 5.23. The third-order valence-corrected chi connectivity index (χ3v) is 7.04. The van der Waals surface area contributed by atoms with E-state index in [0.29, 0.717) is 18.5 Å². The molecule has 1 N–H and O–H groups in total. The number of hydrogen-bond donors (Lipinski definition) is 1. The van der Waals surface area contributed by atoms with Crippen molar-refractivity contribution in [1.82, 2.24) is 20.5 Å². The second-order valence-corrected chi connectivity index (χ2v) is 9.11. The van der Waals surface area contributed by atoms with E-state index in [9.17, 15) is 4.79 Å². The molecule has 1 amide bonds. The van der Waals surface area contributed by atoms with Crippen LogP contribution in [0.5, 0.6) is 0 Å². The van der Waals surface area contributed by atoms with Crippen LogP contribution in [-0.2, 0) is 4.79 Å². The number of nitrogens with zero attached hydrogens (tertiary/aromatic N) is 3. The molecule has 0 aromatic carbocycles. The minimum Gasteiger partial charge on any atom is -0.302 e. The molecule has 0 radical (unpaired) electrons. The fourth-order valence-electron chi connectivity index (χ4n) is 3.04. The Labute approximate surface area is 174 Å². The minimum absolute atomic E-state index is 0.0119. The summed E-state index contributed by atoms with van der Waals surface area (Å²) in [7, 11) is 3.75. The lowest BCUT2D eigenvalue weighted by Crippen LogP contribution is -2.48. The predicted molar refractivity (Wildman–Crippen MR) is 119 cm³/mol. The molecule has 0 bridgehead atoms. The molecule has 0 spiro atoms. The molecule has 0 aromatic rings. The Morgan fingerprint density at radius 2 is 1.52 bits per heavy atom. The topological polar surface area (TPSA) is 38.8 Å². The van der Waals surface area contributed by atoms with Gasteiger partial charge < -0.3 is 5.43 Å². The van der Waals surface area contributed by atoms with Crippen molar-refractivity contribution < 1.29 is 4.79 Å². The molecule has 0 unspecified atom stereocenters. The van der Waals surface area contributed by atoms with Crippen molar-refractivity contribution in [3.63, 3.8) is 0 Å². The number of hydrogen-bond acceptors (Lipinski definition) is 4. The van der Waals surface area contributed by atoms with Crippen molar-refractivity contribution in [2.75, 3.05) is 14.1 Å². The van der Waals surface area contributed by atoms with Crippen LogP contribution in [0.3, 0.4) is 0 Å². The van der Waals surface area contributed by atoms with Gasteiger partial charge in [-0.2, -0.15) is 0 Å². The largest absolute Gasteiger partial charge is 0.302 e. The highest BCUT2D eigenvalue weighted by molar-refractivity contribution is 7.80. The van der Waals surface area contributed by atoms with Crippen molar-refractivity contribution in [3.8, 4) is 0 Å². The summed E-state index contributed by atoms with van der Waals surface area (Å²) < 4.78 is 0. The van der Waals surface area contributed by atoms with Crippen molar-refractivity contribution >= 4 is 40.3 Å². The van der Waals surface area contributed by atoms with Crippen molar-refractivity contribution in [2.45, 2.75) is 59.3 Å². The Balaban J connectivity index is 2.00. The van der Waals surface area contributed by atoms with Gasteiger partial charge in [0.25, 0.3) is 0 Å². The van der Waals surface area contributed by atoms with Gasteiger partial charge in [-0.05, 0) is 25.7 Å². The fraction of sp³-hybridized carbons (Fsp3) is 0.650. The van der Waals surface area contributed by atoms with Crippen LogP contribution in [0.1, 0.15) is 59.3 Å². The van der Waals surface area contributed by atoms with Crippen LogP contribution in [-0.4, -0.2) is 45.0 Å². The van der Waals surface area contributed by atoms with Gasteiger partial charge in [-0.1, -0.05) is 58.4 Å². The van der Waals surface area contributed by atoms with Crippen LogP contribution in [0.4, 0.5) is 0 Å². The summed E-state index contributed by atoms with van der Waals surface area (Å²) in [6.45, 7) is 14.4. The van der Waals surface area contributed by atoms with Gasteiger partial charge in [0.2, 0.25) is 5.91 Å². The number of amides is 1. The van der Waals surface area contributed by atoms with Gasteiger partial charge in [-0.15, -0.1) is 0 Å². The Bertz CT molecular complexity index is 679. The smallest absolute Gasteiger partial charge is 0.245 e. The minimum atomic E-state index is -0.0312. The van der Waals surface area contributed by atoms with Gasteiger partial charge in [-0.25, -0.2) is 5.01 Å². The lowest BCUT2D eigenvalue weighted by atomic mass is 10.1. The van der Waals surface area contributed by atoms with Gasteiger partial charge in [0.15, 0.2) is 0 Å². The van der Waals surface area contributed by atoms with Gasteiger partial charge in [0.05, 0.1) is 0 Å². The monoisotopic (exact) mass is 408 g/mol. The Morgan fingerprint density at radius 3 is 1.96 bits per heavy atom. The molecule has 2 aliphatic carbocycles. The summed E-state index contributed by atoms with van der Waals surface area (Å²) in [4.78, 5) is 14.2. The molecular weight excluding hydrogens is 376 g/mol. The summed E-state index contributed by atoms with van der Waals surface area (Å²) in [6.07, 6.45) is 5.18. The van der Waals surface area contributed by atoms with Crippen molar-refractivity contribution in [3.05, 3.63) is 24.6 Å². The summed E-state index contributed by atoms with van der Waals surface area (Å²) in [5.41, 5.74) is 4.73. The molecule has 27 heavy (non-hydrogen) atoms. The molecule has 0 heterocycles. The van der Waals surface area contributed by atoms with Crippen LogP contribution < -0.4 is 5.43 Å². The van der Waals surface area contributed by atoms with Gasteiger partial charge >= 0.3 is 0 Å². The summed E-state index contributed by atoms with van der Waals surface area (Å²) in [5.74, 6) is -0.0312. The van der Waals surface area contributed by atoms with Crippen molar-refractivity contribution in [2.24, 2.45) is 10.8 Å². The number of nitrogens with one attached hydrogen (secondary N) is 1. The molecule has 5 nitrogen and oxygen atoms in total. The zero-order valence-corrected chi connectivity index (χ0v) is 18.9. The van der Waals surface area contributed by atoms with E-state index >= 15 is 0 Å². The lowest BCUT2D eigenvalue weighted by Gasteiger charge is -2.37. The first-order valence-corrected chi connectivity index (χ1v) is 10.3. The molecule has 2 saturated carbocycles. The second kappa shape index (κ2) is 7.87. The second-order valence-electron chi connectivity index (χ2n) is 8.33. The molecular formula is C20H32N4OS2. The van der Waals surface area contributed by atoms with Crippen LogP contribution >= 0.6 is 24.4 Å². The molecule has 0 aromatic heterocycles. The number of rotatable bonds is 8. The van der Waals surface area contributed by atoms with E-state index in [1.54, 1.807) is 10.0 Å². The van der Waals surface area contributed by atoms with E-state index in [0.717, 1.165) is 41.4 Å². The summed E-state index contributed by atoms with van der Waals surface area (Å²) in [6, 6.07) is 0. The van der Waals surface area contributed by atoms with Gasteiger partial charge in [0.1, 0.15) is 9.98 Å². The first kappa shape index (κ1) is 21.8. The molecule has 2 rings (SSSR count). The van der Waals surface area contributed by atoms with Gasteiger partial charge in [0, 0.05) is 49.2 Å². The van der Waals surface area contributed by atoms with E-state index in [1.165, 1.54) is 0 Å². The fourth-order valence-corrected chi connectivity index (χ4v) is 3.58. The standard InChI is InChI=1S/C20H32N4OS2/c1-8-16(25)24(23(7)18(27)20(5)11-12-20)15(3)13-14(2)21-22(6)17(26)19(4)9-10-19/h21H,2-3,8-13H2,1,4-7H3. The van der Waals surface area contributed by atoms with E-state index in [4.69, 9.17) is 24.4 Å². The van der Waals surface area contributed by atoms with Crippen LogP contribution in [0.25, 0.3) is 0 Å². The lowest BCUT2D eigenvalue weighted by molar-refractivity contribution is -0.137. The average Bonchev–Trinajstić information content (AvgIpc) is 3.52. The molecule has 0 atom stereocenters. The Hall–Kier alpha value is -1.47. The molecule has 7 heteroatoms. The van der Waals surface area contributed by atoms with E-state index in [2.05, 4.69) is 32.4 Å². The molecule has 150 valence electrons. The first-order valence-electron chi connectivity index (χ1n) is 9.46. The normalized spacial score (nSPS) is 18.1. The highest BCUT2D eigenvalue weighted by atomic mass is 32.1. The Kier molecular flexibility index (Phi) is 6.37. The maximum Gasteiger partial charge on any atom is 0.245 e. The first-order chi connectivity index (χ1) is 12.4. The quantitative estimate of drug-likeness (QED) is 0.480. The van der Waals surface area contributed by atoms with E-state index in [1.807, 2.05) is 26.0 Å². The zero-order valence-electron chi connectivity index (χ0n) is 17.2. The van der Waals surface area contributed by atoms with Crippen molar-refractivity contribution in [1.29, 1.82) is 0 Å². The van der Waals surface area contributed by atoms with Crippen LogP contribution in [0, 0.1) is 10.8 Å². The molecule has 0 saturated heterocycles. The maximum absolute atomic E-state index is 12.6. The predicted octanol–water partition coefficient (Wildman–Crippen LogP) is 4.18. The third-order valence-electron chi connectivity index (χ3n) is 5.51. The highest BCUT2D eigenvalue weighted by Gasteiger charge is 2.45. The SMILES string of the molecule is C=C(CC(=C)N(C(=O)CC)N(C)C(=S)C1(C)CC1)NN(C)C(=S)C1(C)CC1. The van der Waals surface area contributed by atoms with Gasteiger partial charge in [-0.3, -0.25) is 14.8 Å². The zero-order chi connectivity index (χ0) is 20.6. The molecule has 2 aliphatic rings. The number of carbonyl (C=O) groups excluding carboxylic acids is 1. The number of thiocarbonyl (C=S) groups is 2. The van der Waals surface area contributed by atoms with Crippen LogP contribution in [0.15, 0.2) is 24.6 Å². The average molecular weight is 409 g/mol. The third kappa shape index (κ3) is 4.88.